The Kier molecular flexibility index (Phi) is 5.11. The Labute approximate surface area is 166 Å². The Morgan fingerprint density at radius 3 is 2.62 bits per heavy atom. The number of rotatable bonds is 6. The Balaban J connectivity index is 1.54. The molecule has 7 heteroatoms. The summed E-state index contributed by atoms with van der Waals surface area (Å²) in [6.07, 6.45) is 3.96. The first-order valence-corrected chi connectivity index (χ1v) is 9.28. The van der Waals surface area contributed by atoms with Crippen molar-refractivity contribution in [2.24, 2.45) is 4.99 Å². The molecule has 0 aliphatic rings. The number of benzene rings is 2. The fourth-order valence-electron chi connectivity index (χ4n) is 3.28. The molecule has 3 N–H and O–H groups in total. The molecule has 146 valence electrons. The summed E-state index contributed by atoms with van der Waals surface area (Å²) >= 11 is 0. The SMILES string of the molecule is O=c1[nH]c(=O)n(Cc2ccccc2)c(O)c1C=NCCc1c[nH]c2ccccc12. The lowest BCUT2D eigenvalue weighted by molar-refractivity contribution is 0.408. The van der Waals surface area contributed by atoms with Crippen molar-refractivity contribution >= 4 is 17.1 Å². The quantitative estimate of drug-likeness (QED) is 0.442. The maximum atomic E-state index is 12.1. The Morgan fingerprint density at radius 1 is 1.03 bits per heavy atom. The third-order valence-electron chi connectivity index (χ3n) is 4.80. The van der Waals surface area contributed by atoms with Crippen LogP contribution in [0, 0.1) is 0 Å². The van der Waals surface area contributed by atoms with Gasteiger partial charge in [0.2, 0.25) is 5.88 Å². The number of hydrogen-bond donors (Lipinski definition) is 3. The molecule has 0 aliphatic heterocycles. The van der Waals surface area contributed by atoms with E-state index in [9.17, 15) is 14.7 Å². The number of nitrogens with one attached hydrogen (secondary N) is 2. The van der Waals surface area contributed by atoms with Gasteiger partial charge in [0.25, 0.3) is 5.56 Å². The van der Waals surface area contributed by atoms with Gasteiger partial charge in [-0.3, -0.25) is 19.3 Å². The van der Waals surface area contributed by atoms with Crippen molar-refractivity contribution in [1.29, 1.82) is 0 Å². The highest BCUT2D eigenvalue weighted by molar-refractivity contribution is 5.83. The van der Waals surface area contributed by atoms with E-state index in [-0.39, 0.29) is 12.1 Å². The van der Waals surface area contributed by atoms with Crippen molar-refractivity contribution in [1.82, 2.24) is 14.5 Å². The van der Waals surface area contributed by atoms with E-state index in [0.29, 0.717) is 13.0 Å². The molecule has 4 rings (SSSR count). The molecule has 0 unspecified atom stereocenters. The molecule has 2 heterocycles. The molecule has 7 nitrogen and oxygen atoms in total. The summed E-state index contributed by atoms with van der Waals surface area (Å²) in [7, 11) is 0. The van der Waals surface area contributed by atoms with Gasteiger partial charge in [-0.1, -0.05) is 48.5 Å². The fraction of sp³-hybridized carbons (Fsp3) is 0.136. The Morgan fingerprint density at radius 2 is 1.79 bits per heavy atom. The second-order valence-electron chi connectivity index (χ2n) is 6.71. The van der Waals surface area contributed by atoms with Crippen LogP contribution in [-0.4, -0.2) is 32.4 Å². The lowest BCUT2D eigenvalue weighted by atomic mass is 10.1. The van der Waals surface area contributed by atoms with Gasteiger partial charge < -0.3 is 10.1 Å². The molecule has 0 saturated heterocycles. The average Bonchev–Trinajstić information content (AvgIpc) is 3.14. The van der Waals surface area contributed by atoms with Crippen molar-refractivity contribution in [2.45, 2.75) is 13.0 Å². The molecular weight excluding hydrogens is 368 g/mol. The molecule has 0 atom stereocenters. The van der Waals surface area contributed by atoms with Crippen LogP contribution in [0.2, 0.25) is 0 Å². The number of fused-ring (bicyclic) bond motifs is 1. The zero-order valence-electron chi connectivity index (χ0n) is 15.6. The summed E-state index contributed by atoms with van der Waals surface area (Å²) in [4.78, 5) is 34.0. The predicted molar refractivity (Wildman–Crippen MR) is 113 cm³/mol. The van der Waals surface area contributed by atoms with Crippen LogP contribution in [0.3, 0.4) is 0 Å². The molecule has 2 aromatic heterocycles. The second kappa shape index (κ2) is 8.02. The second-order valence-corrected chi connectivity index (χ2v) is 6.71. The number of aromatic amines is 2. The van der Waals surface area contributed by atoms with Gasteiger partial charge in [0, 0.05) is 29.9 Å². The molecule has 0 spiro atoms. The van der Waals surface area contributed by atoms with E-state index in [0.717, 1.165) is 26.6 Å². The largest absolute Gasteiger partial charge is 0.494 e. The smallest absolute Gasteiger partial charge is 0.331 e. The van der Waals surface area contributed by atoms with Gasteiger partial charge in [0.15, 0.2) is 0 Å². The summed E-state index contributed by atoms with van der Waals surface area (Å²) in [5.41, 5.74) is 1.68. The van der Waals surface area contributed by atoms with Crippen LogP contribution in [0.4, 0.5) is 0 Å². The molecule has 0 radical (unpaired) electrons. The number of aromatic hydroxyl groups is 1. The molecule has 0 bridgehead atoms. The van der Waals surface area contributed by atoms with E-state index in [2.05, 4.69) is 15.0 Å². The predicted octanol–water partition coefficient (Wildman–Crippen LogP) is 2.43. The minimum absolute atomic E-state index is 0.0283. The fourth-order valence-corrected chi connectivity index (χ4v) is 3.28. The van der Waals surface area contributed by atoms with Crippen molar-refractivity contribution in [3.05, 3.63) is 98.3 Å². The number of H-pyrrole nitrogens is 2. The minimum atomic E-state index is -0.660. The van der Waals surface area contributed by atoms with Gasteiger partial charge in [-0.25, -0.2) is 4.79 Å². The van der Waals surface area contributed by atoms with Crippen LogP contribution >= 0.6 is 0 Å². The monoisotopic (exact) mass is 388 g/mol. The van der Waals surface area contributed by atoms with E-state index < -0.39 is 17.1 Å². The van der Waals surface area contributed by atoms with Crippen LogP contribution in [0.15, 0.2) is 75.4 Å². The molecule has 0 aliphatic carbocycles. The van der Waals surface area contributed by atoms with Gasteiger partial charge in [-0.2, -0.15) is 0 Å². The van der Waals surface area contributed by atoms with Gasteiger partial charge in [-0.15, -0.1) is 0 Å². The van der Waals surface area contributed by atoms with Crippen molar-refractivity contribution < 1.29 is 5.11 Å². The third kappa shape index (κ3) is 3.89. The zero-order chi connectivity index (χ0) is 20.2. The number of aliphatic imine (C=N–C) groups is 1. The first kappa shape index (κ1) is 18.5. The number of nitrogens with zero attached hydrogens (tertiary/aromatic N) is 2. The van der Waals surface area contributed by atoms with Gasteiger partial charge >= 0.3 is 5.69 Å². The first-order chi connectivity index (χ1) is 14.1. The zero-order valence-corrected chi connectivity index (χ0v) is 15.6. The van der Waals surface area contributed by atoms with Crippen molar-refractivity contribution in [3.63, 3.8) is 0 Å². The van der Waals surface area contributed by atoms with Gasteiger partial charge in [0.05, 0.1) is 6.54 Å². The maximum absolute atomic E-state index is 12.1. The minimum Gasteiger partial charge on any atom is -0.494 e. The lowest BCUT2D eigenvalue weighted by Crippen LogP contribution is -2.32. The average molecular weight is 388 g/mol. The van der Waals surface area contributed by atoms with Crippen LogP contribution in [0.1, 0.15) is 16.7 Å². The molecule has 0 fully saturated rings. The van der Waals surface area contributed by atoms with E-state index in [1.165, 1.54) is 6.21 Å². The van der Waals surface area contributed by atoms with Gasteiger partial charge in [0.1, 0.15) is 5.56 Å². The normalized spacial score (nSPS) is 11.4. The highest BCUT2D eigenvalue weighted by Gasteiger charge is 2.13. The van der Waals surface area contributed by atoms with E-state index in [4.69, 9.17) is 0 Å². The van der Waals surface area contributed by atoms with E-state index in [1.807, 2.05) is 60.8 Å². The molecule has 0 amide bonds. The standard InChI is InChI=1S/C22H20N4O3/c27-20-18(13-23-11-10-16-12-24-19-9-5-4-8-17(16)19)21(28)26(22(29)25-20)14-15-6-2-1-3-7-15/h1-9,12-13,24,28H,10-11,14H2,(H,25,27,29). The van der Waals surface area contributed by atoms with Crippen LogP contribution < -0.4 is 11.2 Å². The highest BCUT2D eigenvalue weighted by Crippen LogP contribution is 2.18. The molecule has 29 heavy (non-hydrogen) atoms. The topological polar surface area (TPSA) is 103 Å². The summed E-state index contributed by atoms with van der Waals surface area (Å²) in [6.45, 7) is 0.594. The Hall–Kier alpha value is -3.87. The van der Waals surface area contributed by atoms with Crippen molar-refractivity contribution in [2.75, 3.05) is 6.54 Å². The molecular formula is C22H20N4O3. The lowest BCUT2D eigenvalue weighted by Gasteiger charge is -2.09. The summed E-state index contributed by atoms with van der Waals surface area (Å²) in [6, 6.07) is 17.2. The van der Waals surface area contributed by atoms with Gasteiger partial charge in [-0.05, 0) is 23.6 Å². The van der Waals surface area contributed by atoms with Crippen LogP contribution in [0.5, 0.6) is 5.88 Å². The maximum Gasteiger partial charge on any atom is 0.331 e. The van der Waals surface area contributed by atoms with E-state index >= 15 is 0 Å². The highest BCUT2D eigenvalue weighted by atomic mass is 16.3. The summed E-state index contributed by atoms with van der Waals surface area (Å²) in [5, 5.41) is 11.6. The molecule has 0 saturated carbocycles. The number of para-hydroxylation sites is 1. The summed E-state index contributed by atoms with van der Waals surface area (Å²) in [5.74, 6) is -0.390. The number of hydrogen-bond acceptors (Lipinski definition) is 4. The molecule has 2 aromatic carbocycles. The van der Waals surface area contributed by atoms with Crippen LogP contribution in [0.25, 0.3) is 10.9 Å². The summed E-state index contributed by atoms with van der Waals surface area (Å²) < 4.78 is 1.12. The number of aromatic nitrogens is 3. The first-order valence-electron chi connectivity index (χ1n) is 9.28. The van der Waals surface area contributed by atoms with E-state index in [1.54, 1.807) is 0 Å². The third-order valence-corrected chi connectivity index (χ3v) is 4.80. The Bertz CT molecular complexity index is 1280. The van der Waals surface area contributed by atoms with Crippen LogP contribution in [-0.2, 0) is 13.0 Å². The van der Waals surface area contributed by atoms with Crippen molar-refractivity contribution in [3.8, 4) is 5.88 Å². The molecule has 4 aromatic rings.